The van der Waals surface area contributed by atoms with Crippen molar-refractivity contribution >= 4 is 11.6 Å². The number of rotatable bonds is 2. The van der Waals surface area contributed by atoms with E-state index in [4.69, 9.17) is 0 Å². The smallest absolute Gasteiger partial charge is 0.362 e. The zero-order valence-corrected chi connectivity index (χ0v) is 11.6. The topological polar surface area (TPSA) is 52.9 Å². The maximum atomic E-state index is 13.1. The first-order valence-electron chi connectivity index (χ1n) is 6.45. The Hall–Kier alpha value is -1.89. The molecule has 1 aliphatic rings. The molecule has 1 heterocycles. The Labute approximate surface area is 119 Å². The fraction of sp³-hybridized carbons (Fsp3) is 0.429. The first-order chi connectivity index (χ1) is 9.69. The molecule has 1 atom stereocenters. The van der Waals surface area contributed by atoms with Crippen molar-refractivity contribution in [2.45, 2.75) is 38.6 Å². The van der Waals surface area contributed by atoms with E-state index in [1.165, 1.54) is 12.1 Å². The van der Waals surface area contributed by atoms with Gasteiger partial charge in [-0.05, 0) is 25.5 Å². The Bertz CT molecular complexity index is 598. The van der Waals surface area contributed by atoms with Crippen LogP contribution >= 0.6 is 0 Å². The van der Waals surface area contributed by atoms with Crippen LogP contribution in [0.2, 0.25) is 0 Å². The molecule has 0 bridgehead atoms. The number of carbonyl (C=O) groups is 1. The lowest BCUT2D eigenvalue weighted by Crippen LogP contribution is -2.56. The standard InChI is InChI=1S/C14H15F3N2O2/c1-3-11-8-13(21,14(15,16)17)19(18-11)12(20)10-6-4-5-9(2)7-10/h4-7,21H,3,8H2,1-2H3/t13-/m0/s1. The summed E-state index contributed by atoms with van der Waals surface area (Å²) in [7, 11) is 0. The summed E-state index contributed by atoms with van der Waals surface area (Å²) >= 11 is 0. The van der Waals surface area contributed by atoms with Gasteiger partial charge < -0.3 is 5.11 Å². The van der Waals surface area contributed by atoms with Gasteiger partial charge in [0, 0.05) is 17.7 Å². The fourth-order valence-electron chi connectivity index (χ4n) is 2.15. The average Bonchev–Trinajstić information content (AvgIpc) is 2.76. The zero-order chi connectivity index (χ0) is 15.8. The zero-order valence-electron chi connectivity index (χ0n) is 11.6. The summed E-state index contributed by atoms with van der Waals surface area (Å²) in [4.78, 5) is 12.3. The molecule has 0 radical (unpaired) electrons. The largest absolute Gasteiger partial charge is 0.438 e. The average molecular weight is 300 g/mol. The van der Waals surface area contributed by atoms with Crippen LogP contribution in [-0.4, -0.2) is 33.6 Å². The van der Waals surface area contributed by atoms with Crippen LogP contribution in [0.1, 0.15) is 35.7 Å². The van der Waals surface area contributed by atoms with Gasteiger partial charge in [0.05, 0.1) is 0 Å². The van der Waals surface area contributed by atoms with E-state index in [0.29, 0.717) is 0 Å². The number of aliphatic hydroxyl groups is 1. The van der Waals surface area contributed by atoms with Gasteiger partial charge in [-0.2, -0.15) is 23.3 Å². The lowest BCUT2D eigenvalue weighted by molar-refractivity contribution is -0.297. The van der Waals surface area contributed by atoms with Gasteiger partial charge in [-0.1, -0.05) is 24.6 Å². The predicted molar refractivity (Wildman–Crippen MR) is 70.7 cm³/mol. The minimum absolute atomic E-state index is 0.0544. The maximum Gasteiger partial charge on any atom is 0.438 e. The third kappa shape index (κ3) is 2.65. The molecular weight excluding hydrogens is 285 g/mol. The van der Waals surface area contributed by atoms with Gasteiger partial charge >= 0.3 is 6.18 Å². The molecule has 0 aliphatic carbocycles. The third-order valence-corrected chi connectivity index (χ3v) is 3.36. The van der Waals surface area contributed by atoms with Crippen LogP contribution in [0.3, 0.4) is 0 Å². The van der Waals surface area contributed by atoms with Gasteiger partial charge in [-0.15, -0.1) is 0 Å². The molecule has 1 aromatic carbocycles. The third-order valence-electron chi connectivity index (χ3n) is 3.36. The molecule has 1 amide bonds. The Morgan fingerprint density at radius 2 is 2.14 bits per heavy atom. The molecule has 2 rings (SSSR count). The van der Waals surface area contributed by atoms with Crippen LogP contribution in [0.15, 0.2) is 29.4 Å². The number of hydrogen-bond acceptors (Lipinski definition) is 3. The van der Waals surface area contributed by atoms with Crippen LogP contribution < -0.4 is 0 Å². The maximum absolute atomic E-state index is 13.1. The van der Waals surface area contributed by atoms with Gasteiger partial charge in [-0.25, -0.2) is 0 Å². The molecule has 114 valence electrons. The van der Waals surface area contributed by atoms with Crippen molar-refractivity contribution < 1.29 is 23.1 Å². The number of amides is 1. The minimum atomic E-state index is -4.98. The number of carbonyl (C=O) groups excluding carboxylic acids is 1. The van der Waals surface area contributed by atoms with Gasteiger partial charge in [0.1, 0.15) is 0 Å². The van der Waals surface area contributed by atoms with Crippen molar-refractivity contribution in [2.24, 2.45) is 5.10 Å². The van der Waals surface area contributed by atoms with E-state index in [9.17, 15) is 23.1 Å². The number of halogens is 3. The lowest BCUT2D eigenvalue weighted by Gasteiger charge is -2.32. The van der Waals surface area contributed by atoms with E-state index in [0.717, 1.165) is 5.56 Å². The summed E-state index contributed by atoms with van der Waals surface area (Å²) in [6.07, 6.45) is -5.46. The molecule has 1 aliphatic heterocycles. The number of benzene rings is 1. The number of hydrazone groups is 1. The molecule has 0 unspecified atom stereocenters. The lowest BCUT2D eigenvalue weighted by atomic mass is 10.0. The van der Waals surface area contributed by atoms with Crippen molar-refractivity contribution in [1.82, 2.24) is 5.01 Å². The van der Waals surface area contributed by atoms with Crippen molar-refractivity contribution in [3.05, 3.63) is 35.4 Å². The minimum Gasteiger partial charge on any atom is -0.362 e. The Kier molecular flexibility index (Phi) is 3.79. The predicted octanol–water partition coefficient (Wildman–Crippen LogP) is 2.86. The molecule has 21 heavy (non-hydrogen) atoms. The highest BCUT2D eigenvalue weighted by molar-refractivity contribution is 5.98. The highest BCUT2D eigenvalue weighted by Crippen LogP contribution is 2.41. The molecule has 0 fully saturated rings. The quantitative estimate of drug-likeness (QED) is 0.913. The number of nitrogens with zero attached hydrogens (tertiary/aromatic N) is 2. The molecular formula is C14H15F3N2O2. The van der Waals surface area contributed by atoms with Gasteiger partial charge in [-0.3, -0.25) is 4.79 Å². The van der Waals surface area contributed by atoms with Crippen LogP contribution in [0.25, 0.3) is 0 Å². The van der Waals surface area contributed by atoms with E-state index in [-0.39, 0.29) is 22.7 Å². The van der Waals surface area contributed by atoms with E-state index < -0.39 is 24.2 Å². The fourth-order valence-corrected chi connectivity index (χ4v) is 2.15. The molecule has 0 spiro atoms. The molecule has 1 N–H and O–H groups in total. The van der Waals surface area contributed by atoms with E-state index in [1.54, 1.807) is 26.0 Å². The molecule has 0 saturated heterocycles. The van der Waals surface area contributed by atoms with Crippen LogP contribution in [-0.2, 0) is 0 Å². The summed E-state index contributed by atoms with van der Waals surface area (Å²) < 4.78 is 39.4. The van der Waals surface area contributed by atoms with Gasteiger partial charge in [0.25, 0.3) is 11.6 Å². The van der Waals surface area contributed by atoms with Crippen LogP contribution in [0.4, 0.5) is 13.2 Å². The van der Waals surface area contributed by atoms with Crippen LogP contribution in [0.5, 0.6) is 0 Å². The van der Waals surface area contributed by atoms with Crippen molar-refractivity contribution in [1.29, 1.82) is 0 Å². The van der Waals surface area contributed by atoms with Crippen molar-refractivity contribution in [3.8, 4) is 0 Å². The summed E-state index contributed by atoms with van der Waals surface area (Å²) in [5.41, 5.74) is -2.36. The molecule has 4 nitrogen and oxygen atoms in total. The molecule has 0 aromatic heterocycles. The van der Waals surface area contributed by atoms with Gasteiger partial charge in [0.2, 0.25) is 0 Å². The number of hydrogen-bond donors (Lipinski definition) is 1. The second-order valence-corrected chi connectivity index (χ2v) is 5.00. The van der Waals surface area contributed by atoms with Crippen molar-refractivity contribution in [2.75, 3.05) is 0 Å². The second-order valence-electron chi connectivity index (χ2n) is 5.00. The Morgan fingerprint density at radius 1 is 1.48 bits per heavy atom. The normalized spacial score (nSPS) is 22.4. The van der Waals surface area contributed by atoms with E-state index in [2.05, 4.69) is 5.10 Å². The monoisotopic (exact) mass is 300 g/mol. The molecule has 0 saturated carbocycles. The molecule has 7 heteroatoms. The summed E-state index contributed by atoms with van der Waals surface area (Å²) in [5, 5.41) is 13.8. The summed E-state index contributed by atoms with van der Waals surface area (Å²) in [5.74, 6) is -0.970. The Balaban J connectivity index is 2.43. The van der Waals surface area contributed by atoms with E-state index in [1.807, 2.05) is 0 Å². The number of aryl methyl sites for hydroxylation is 1. The first kappa shape index (κ1) is 15.5. The SMILES string of the molecule is CCC1=NN(C(=O)c2cccc(C)c2)[C@@](O)(C(F)(F)F)C1. The summed E-state index contributed by atoms with van der Waals surface area (Å²) in [6.45, 7) is 3.34. The van der Waals surface area contributed by atoms with Gasteiger partial charge in [0.15, 0.2) is 0 Å². The highest BCUT2D eigenvalue weighted by Gasteiger charge is 2.63. The van der Waals surface area contributed by atoms with Crippen molar-refractivity contribution in [3.63, 3.8) is 0 Å². The van der Waals surface area contributed by atoms with Crippen LogP contribution in [0, 0.1) is 6.92 Å². The van der Waals surface area contributed by atoms with E-state index >= 15 is 0 Å². The second kappa shape index (κ2) is 5.14. The Morgan fingerprint density at radius 3 is 2.67 bits per heavy atom. The highest BCUT2D eigenvalue weighted by atomic mass is 19.4. The summed E-state index contributed by atoms with van der Waals surface area (Å²) in [6, 6.07) is 6.14. The molecule has 1 aromatic rings. The first-order valence-corrected chi connectivity index (χ1v) is 6.45. The number of alkyl halides is 3.